The fourth-order valence-corrected chi connectivity index (χ4v) is 0.341. The maximum absolute atomic E-state index is 8.50. The summed E-state index contributed by atoms with van der Waals surface area (Å²) >= 11 is 0. The summed E-state index contributed by atoms with van der Waals surface area (Å²) in [5, 5.41) is 16.9. The molecule has 2 nitrogen and oxygen atoms in total. The molecular weight excluding hydrogens is 92.1 g/mol. The van der Waals surface area contributed by atoms with Crippen molar-refractivity contribution in [1.82, 2.24) is 0 Å². The van der Waals surface area contributed by atoms with Gasteiger partial charge in [0.1, 0.15) is 0 Å². The van der Waals surface area contributed by atoms with Gasteiger partial charge in [0.15, 0.2) is 0 Å². The van der Waals surface area contributed by atoms with Crippen molar-refractivity contribution >= 4 is 0 Å². The maximum atomic E-state index is 8.50. The summed E-state index contributed by atoms with van der Waals surface area (Å²) in [4.78, 5) is 0. The van der Waals surface area contributed by atoms with Crippen LogP contribution in [0.15, 0.2) is 12.3 Å². The Morgan fingerprint density at radius 2 is 2.29 bits per heavy atom. The topological polar surface area (TPSA) is 40.5 Å². The van der Waals surface area contributed by atoms with Gasteiger partial charge in [0.2, 0.25) is 0 Å². The third kappa shape index (κ3) is 5.50. The molecule has 2 heteroatoms. The molecule has 1 atom stereocenters. The quantitative estimate of drug-likeness (QED) is 0.507. The summed E-state index contributed by atoms with van der Waals surface area (Å²) in [6.45, 7) is 4.79. The van der Waals surface area contributed by atoms with E-state index in [-0.39, 0.29) is 12.2 Å². The summed E-state index contributed by atoms with van der Waals surface area (Å²) in [7, 11) is 0. The van der Waals surface area contributed by atoms with Crippen LogP contribution in [0.5, 0.6) is 0 Å². The van der Waals surface area contributed by atoms with Crippen molar-refractivity contribution in [3.63, 3.8) is 0 Å². The van der Waals surface area contributed by atoms with Gasteiger partial charge < -0.3 is 10.2 Å². The number of hydrogen-bond acceptors (Lipinski definition) is 2. The smallest absolute Gasteiger partial charge is 0.0876 e. The molecule has 2 N–H and O–H groups in total. The molecule has 7 heavy (non-hydrogen) atoms. The van der Waals surface area contributed by atoms with Crippen molar-refractivity contribution in [2.24, 2.45) is 0 Å². The summed E-state index contributed by atoms with van der Waals surface area (Å²) < 4.78 is 0. The standard InChI is InChI=1S/C5H10O2/c1-4(6)3-5(2)7/h5-7H,1,3H2,2H3/t5-/m0/s1. The number of rotatable bonds is 2. The molecule has 0 amide bonds. The van der Waals surface area contributed by atoms with Gasteiger partial charge in [-0.25, -0.2) is 0 Å². The molecule has 0 aromatic heterocycles. The maximum Gasteiger partial charge on any atom is 0.0876 e. The summed E-state index contributed by atoms with van der Waals surface area (Å²) in [5.41, 5.74) is 0. The molecule has 0 heterocycles. The van der Waals surface area contributed by atoms with Gasteiger partial charge in [-0.2, -0.15) is 0 Å². The summed E-state index contributed by atoms with van der Waals surface area (Å²) in [6.07, 6.45) is -0.197. The van der Waals surface area contributed by atoms with E-state index >= 15 is 0 Å². The van der Waals surface area contributed by atoms with E-state index in [0.717, 1.165) is 0 Å². The van der Waals surface area contributed by atoms with E-state index in [2.05, 4.69) is 6.58 Å². The molecule has 0 saturated heterocycles. The second-order valence-electron chi connectivity index (χ2n) is 1.62. The Morgan fingerprint density at radius 3 is 2.29 bits per heavy atom. The van der Waals surface area contributed by atoms with E-state index in [4.69, 9.17) is 10.2 Å². The molecule has 0 aliphatic carbocycles. The van der Waals surface area contributed by atoms with Gasteiger partial charge >= 0.3 is 0 Å². The molecule has 0 aliphatic heterocycles. The van der Waals surface area contributed by atoms with Crippen LogP contribution in [0.3, 0.4) is 0 Å². The minimum Gasteiger partial charge on any atom is -0.513 e. The zero-order chi connectivity index (χ0) is 5.86. The molecule has 0 unspecified atom stereocenters. The number of aliphatic hydroxyl groups is 2. The average Bonchev–Trinajstić information content (AvgIpc) is 1.27. The minimum atomic E-state index is -0.475. The fourth-order valence-electron chi connectivity index (χ4n) is 0.341. The monoisotopic (exact) mass is 102 g/mol. The highest BCUT2D eigenvalue weighted by molar-refractivity contribution is 4.80. The van der Waals surface area contributed by atoms with Crippen molar-refractivity contribution in [2.75, 3.05) is 0 Å². The second-order valence-corrected chi connectivity index (χ2v) is 1.62. The molecule has 0 aromatic carbocycles. The Bertz CT molecular complexity index is 66.5. The molecule has 0 aromatic rings. The van der Waals surface area contributed by atoms with Crippen LogP contribution >= 0.6 is 0 Å². The molecule has 42 valence electrons. The molecule has 0 spiro atoms. The molecular formula is C5H10O2. The Balaban J connectivity index is 3.13. The third-order valence-electron chi connectivity index (χ3n) is 0.531. The van der Waals surface area contributed by atoms with Crippen molar-refractivity contribution in [2.45, 2.75) is 19.4 Å². The first-order valence-corrected chi connectivity index (χ1v) is 2.17. The predicted octanol–water partition coefficient (Wildman–Crippen LogP) is 0.829. The number of aliphatic hydroxyl groups excluding tert-OH is 2. The highest BCUT2D eigenvalue weighted by atomic mass is 16.3. The molecule has 0 radical (unpaired) electrons. The van der Waals surface area contributed by atoms with E-state index in [1.54, 1.807) is 6.92 Å². The van der Waals surface area contributed by atoms with Crippen LogP contribution in [-0.2, 0) is 0 Å². The zero-order valence-corrected chi connectivity index (χ0v) is 4.39. The van der Waals surface area contributed by atoms with E-state index in [0.29, 0.717) is 0 Å². The lowest BCUT2D eigenvalue weighted by molar-refractivity contribution is 0.177. The van der Waals surface area contributed by atoms with Gasteiger partial charge in [0.25, 0.3) is 0 Å². The van der Waals surface area contributed by atoms with E-state index in [1.165, 1.54) is 0 Å². The molecule has 0 saturated carbocycles. The first-order valence-electron chi connectivity index (χ1n) is 2.17. The third-order valence-corrected chi connectivity index (χ3v) is 0.531. The largest absolute Gasteiger partial charge is 0.513 e. The normalized spacial score (nSPS) is 13.4. The van der Waals surface area contributed by atoms with Crippen LogP contribution in [0.2, 0.25) is 0 Å². The Labute approximate surface area is 43.1 Å². The van der Waals surface area contributed by atoms with Gasteiger partial charge in [-0.3, -0.25) is 0 Å². The van der Waals surface area contributed by atoms with Crippen molar-refractivity contribution in [1.29, 1.82) is 0 Å². The predicted molar refractivity (Wildman–Crippen MR) is 28.1 cm³/mol. The minimum absolute atomic E-state index is 0.0370. The summed E-state index contributed by atoms with van der Waals surface area (Å²) in [5.74, 6) is 0.0370. The highest BCUT2D eigenvalue weighted by Crippen LogP contribution is 1.95. The van der Waals surface area contributed by atoms with Gasteiger partial charge in [0.05, 0.1) is 11.9 Å². The first kappa shape index (κ1) is 6.50. The number of hydrogen-bond donors (Lipinski definition) is 2. The van der Waals surface area contributed by atoms with Crippen molar-refractivity contribution in [3.8, 4) is 0 Å². The zero-order valence-electron chi connectivity index (χ0n) is 4.39. The Kier molecular flexibility index (Phi) is 2.45. The molecule has 0 bridgehead atoms. The average molecular weight is 102 g/mol. The van der Waals surface area contributed by atoms with Crippen LogP contribution in [0.1, 0.15) is 13.3 Å². The van der Waals surface area contributed by atoms with Gasteiger partial charge in [-0.15, -0.1) is 0 Å². The van der Waals surface area contributed by atoms with E-state index in [1.807, 2.05) is 0 Å². The van der Waals surface area contributed by atoms with Crippen LogP contribution in [0.4, 0.5) is 0 Å². The van der Waals surface area contributed by atoms with E-state index in [9.17, 15) is 0 Å². The lowest BCUT2D eigenvalue weighted by Gasteiger charge is -1.98. The van der Waals surface area contributed by atoms with Gasteiger partial charge in [-0.1, -0.05) is 6.58 Å². The summed E-state index contributed by atoms with van der Waals surface area (Å²) in [6, 6.07) is 0. The molecule has 0 aliphatic rings. The SMILES string of the molecule is C=C(O)C[C@H](C)O. The Morgan fingerprint density at radius 1 is 1.86 bits per heavy atom. The van der Waals surface area contributed by atoms with Crippen LogP contribution in [-0.4, -0.2) is 16.3 Å². The second kappa shape index (κ2) is 2.64. The molecule has 0 fully saturated rings. The molecule has 0 rings (SSSR count). The fraction of sp³-hybridized carbons (Fsp3) is 0.600. The highest BCUT2D eigenvalue weighted by Gasteiger charge is 1.94. The van der Waals surface area contributed by atoms with Crippen LogP contribution < -0.4 is 0 Å². The van der Waals surface area contributed by atoms with E-state index < -0.39 is 6.10 Å². The van der Waals surface area contributed by atoms with Crippen molar-refractivity contribution in [3.05, 3.63) is 12.3 Å². The first-order chi connectivity index (χ1) is 3.13. The van der Waals surface area contributed by atoms with Crippen molar-refractivity contribution < 1.29 is 10.2 Å². The lowest BCUT2D eigenvalue weighted by atomic mass is 10.3. The van der Waals surface area contributed by atoms with Gasteiger partial charge in [0, 0.05) is 6.42 Å². The van der Waals surface area contributed by atoms with Gasteiger partial charge in [-0.05, 0) is 6.92 Å². The van der Waals surface area contributed by atoms with Crippen LogP contribution in [0.25, 0.3) is 0 Å². The van der Waals surface area contributed by atoms with Crippen LogP contribution in [0, 0.1) is 0 Å². The Hall–Kier alpha value is -0.500. The lowest BCUT2D eigenvalue weighted by Crippen LogP contribution is -1.99.